The minimum Gasteiger partial charge on any atom is -0.458 e. The highest BCUT2D eigenvalue weighted by atomic mass is 32.2. The molecule has 0 saturated heterocycles. The van der Waals surface area contributed by atoms with Gasteiger partial charge in [-0.2, -0.15) is 17.2 Å². The molecule has 0 aromatic carbocycles. The lowest BCUT2D eigenvalue weighted by atomic mass is 9.44. The summed E-state index contributed by atoms with van der Waals surface area (Å²) in [5.41, 5.74) is 0.0617. The molecule has 0 aromatic heterocycles. The third-order valence-corrected chi connectivity index (χ3v) is 11.7. The fourth-order valence-corrected chi connectivity index (χ4v) is 8.95. The average Bonchev–Trinajstić information content (AvgIpc) is 3.13. The van der Waals surface area contributed by atoms with Gasteiger partial charge in [0.05, 0.1) is 6.10 Å². The van der Waals surface area contributed by atoms with Crippen molar-refractivity contribution in [1.29, 1.82) is 0 Å². The largest absolute Gasteiger partial charge is 0.458 e. The number of aliphatic hydroxyl groups is 1. The molecular formula is C26H40F2O7S. The van der Waals surface area contributed by atoms with Crippen molar-refractivity contribution in [3.05, 3.63) is 0 Å². The summed E-state index contributed by atoms with van der Waals surface area (Å²) in [7, 11) is -5.64. The van der Waals surface area contributed by atoms with Gasteiger partial charge in [-0.05, 0) is 91.8 Å². The molecule has 0 radical (unpaired) electrons. The summed E-state index contributed by atoms with van der Waals surface area (Å²) in [5.74, 6) is 0.780. The van der Waals surface area contributed by atoms with E-state index in [1.165, 1.54) is 0 Å². The molecular weight excluding hydrogens is 494 g/mol. The van der Waals surface area contributed by atoms with E-state index in [4.69, 9.17) is 4.55 Å². The Morgan fingerprint density at radius 3 is 2.44 bits per heavy atom. The molecule has 0 heterocycles. The molecule has 0 spiro atoms. The number of esters is 1. The Morgan fingerprint density at radius 2 is 1.78 bits per heavy atom. The minimum absolute atomic E-state index is 0.0322. The van der Waals surface area contributed by atoms with Crippen LogP contribution in [-0.4, -0.2) is 47.8 Å². The first-order valence-corrected chi connectivity index (χ1v) is 14.8. The van der Waals surface area contributed by atoms with Crippen LogP contribution < -0.4 is 0 Å². The highest BCUT2D eigenvalue weighted by Crippen LogP contribution is 2.67. The van der Waals surface area contributed by atoms with Crippen LogP contribution in [0.3, 0.4) is 0 Å². The number of hydrogen-bond donors (Lipinski definition) is 2. The number of carbonyl (C=O) groups is 2. The van der Waals surface area contributed by atoms with Crippen LogP contribution in [0.25, 0.3) is 0 Å². The van der Waals surface area contributed by atoms with Gasteiger partial charge in [-0.3, -0.25) is 14.1 Å². The van der Waals surface area contributed by atoms with Crippen molar-refractivity contribution in [2.75, 3.05) is 6.61 Å². The Bertz CT molecular complexity index is 985. The molecule has 0 amide bonds. The molecule has 2 N–H and O–H groups in total. The number of Topliss-reactive ketones (excluding diaryl/α,β-unsaturated/α-hetero) is 1. The Morgan fingerprint density at radius 1 is 1.14 bits per heavy atom. The lowest BCUT2D eigenvalue weighted by Gasteiger charge is -2.60. The zero-order valence-electron chi connectivity index (χ0n) is 21.4. The summed E-state index contributed by atoms with van der Waals surface area (Å²) in [5, 5.41) is 5.68. The molecule has 4 fully saturated rings. The van der Waals surface area contributed by atoms with Crippen LogP contribution in [0.2, 0.25) is 0 Å². The van der Waals surface area contributed by atoms with Crippen LogP contribution in [0.1, 0.15) is 85.0 Å². The van der Waals surface area contributed by atoms with E-state index in [0.29, 0.717) is 36.4 Å². The van der Waals surface area contributed by atoms with Gasteiger partial charge in [0.15, 0.2) is 6.61 Å². The van der Waals surface area contributed by atoms with Crippen LogP contribution in [0.4, 0.5) is 8.78 Å². The van der Waals surface area contributed by atoms with E-state index in [1.54, 1.807) is 0 Å². The average molecular weight is 535 g/mol. The van der Waals surface area contributed by atoms with Gasteiger partial charge in [0, 0.05) is 18.8 Å². The zero-order chi connectivity index (χ0) is 26.7. The Labute approximate surface area is 212 Å². The van der Waals surface area contributed by atoms with Crippen molar-refractivity contribution in [3.63, 3.8) is 0 Å². The van der Waals surface area contributed by atoms with Gasteiger partial charge < -0.3 is 9.84 Å². The Hall–Kier alpha value is -1.13. The molecule has 4 saturated carbocycles. The van der Waals surface area contributed by atoms with Crippen LogP contribution in [0.15, 0.2) is 0 Å². The van der Waals surface area contributed by atoms with E-state index in [9.17, 15) is 31.9 Å². The van der Waals surface area contributed by atoms with Crippen LogP contribution in [0, 0.1) is 46.3 Å². The topological polar surface area (TPSA) is 118 Å². The summed E-state index contributed by atoms with van der Waals surface area (Å²) >= 11 is 0. The molecule has 10 heteroatoms. The van der Waals surface area contributed by atoms with E-state index in [-0.39, 0.29) is 41.1 Å². The van der Waals surface area contributed by atoms with Crippen molar-refractivity contribution >= 4 is 21.9 Å². The Balaban J connectivity index is 1.39. The SMILES string of the molecule is C[C@H](CCC(=O)OCC(F)(F)S(=O)(=O)O)[C@H]1CC[C@H]2[C@@H]3C(=O)CC4C[C@H](O)CC[C@]4(C)[C@H]3CC[C@]12C. The summed E-state index contributed by atoms with van der Waals surface area (Å²) in [6.45, 7) is 4.96. The number of hydrogen-bond acceptors (Lipinski definition) is 6. The first-order chi connectivity index (χ1) is 16.6. The normalized spacial score (nSPS) is 41.7. The van der Waals surface area contributed by atoms with Crippen molar-refractivity contribution in [2.45, 2.75) is 96.3 Å². The second-order valence-electron chi connectivity index (χ2n) is 12.6. The fraction of sp³-hybridized carbons (Fsp3) is 0.923. The van der Waals surface area contributed by atoms with Crippen molar-refractivity contribution in [2.24, 2.45) is 46.3 Å². The molecule has 4 aliphatic rings. The molecule has 9 atom stereocenters. The minimum atomic E-state index is -5.64. The number of aliphatic hydroxyl groups excluding tert-OH is 1. The van der Waals surface area contributed by atoms with E-state index >= 15 is 0 Å². The van der Waals surface area contributed by atoms with Crippen LogP contribution in [-0.2, 0) is 24.4 Å². The lowest BCUT2D eigenvalue weighted by Crippen LogP contribution is -2.57. The molecule has 0 aliphatic heterocycles. The fourth-order valence-electron chi connectivity index (χ4n) is 8.74. The van der Waals surface area contributed by atoms with Crippen LogP contribution >= 0.6 is 0 Å². The predicted octanol–water partition coefficient (Wildman–Crippen LogP) is 4.63. The van der Waals surface area contributed by atoms with Crippen molar-refractivity contribution in [3.8, 4) is 0 Å². The van der Waals surface area contributed by atoms with Crippen LogP contribution in [0.5, 0.6) is 0 Å². The maximum atomic E-state index is 13.5. The maximum absolute atomic E-state index is 13.5. The lowest BCUT2D eigenvalue weighted by molar-refractivity contribution is -0.160. The van der Waals surface area contributed by atoms with Gasteiger partial charge in [0.25, 0.3) is 0 Å². The predicted molar refractivity (Wildman–Crippen MR) is 127 cm³/mol. The van der Waals surface area contributed by atoms with Gasteiger partial charge in [0.2, 0.25) is 0 Å². The second kappa shape index (κ2) is 9.56. The van der Waals surface area contributed by atoms with Crippen molar-refractivity contribution in [1.82, 2.24) is 0 Å². The monoisotopic (exact) mass is 534 g/mol. The zero-order valence-corrected chi connectivity index (χ0v) is 22.2. The maximum Gasteiger partial charge on any atom is 0.402 e. The third kappa shape index (κ3) is 4.75. The van der Waals surface area contributed by atoms with E-state index < -0.39 is 27.9 Å². The van der Waals surface area contributed by atoms with Gasteiger partial charge >= 0.3 is 21.3 Å². The van der Waals surface area contributed by atoms with E-state index in [1.807, 2.05) is 6.92 Å². The van der Waals surface area contributed by atoms with Gasteiger partial charge in [-0.25, -0.2) is 0 Å². The molecule has 206 valence electrons. The molecule has 0 bridgehead atoms. The summed E-state index contributed by atoms with van der Waals surface area (Å²) < 4.78 is 61.0. The number of fused-ring (bicyclic) bond motifs is 5. The first kappa shape index (κ1) is 27.9. The smallest absolute Gasteiger partial charge is 0.402 e. The first-order valence-electron chi connectivity index (χ1n) is 13.3. The van der Waals surface area contributed by atoms with Gasteiger partial charge in [-0.1, -0.05) is 20.8 Å². The molecule has 4 aliphatic carbocycles. The summed E-state index contributed by atoms with van der Waals surface area (Å²) in [4.78, 5) is 25.5. The number of alkyl halides is 2. The number of halogens is 2. The third-order valence-electron chi connectivity index (χ3n) is 10.8. The van der Waals surface area contributed by atoms with Gasteiger partial charge in [0.1, 0.15) is 5.78 Å². The number of rotatable bonds is 7. The second-order valence-corrected chi connectivity index (χ2v) is 14.1. The standard InChI is InChI=1S/C26H40F2O7S/c1-15(4-7-22(31)35-14-26(27,28)36(32,33)34)18-5-6-19-23-20(9-11-25(18,19)3)24(2)10-8-17(29)12-16(24)13-21(23)30/h15-20,23,29H,4-14H2,1-3H3,(H,32,33,34)/t15-,16?,17-,18-,19+,20+,23+,24+,25-/m1/s1. The highest BCUT2D eigenvalue weighted by Gasteiger charge is 2.63. The number of carbonyl (C=O) groups excluding carboxylic acids is 2. The molecule has 0 aromatic rings. The molecule has 7 nitrogen and oxygen atoms in total. The Kier molecular flexibility index (Phi) is 7.41. The summed E-state index contributed by atoms with van der Waals surface area (Å²) in [6, 6.07) is 0. The van der Waals surface area contributed by atoms with Gasteiger partial charge in [-0.15, -0.1) is 0 Å². The summed E-state index contributed by atoms with van der Waals surface area (Å²) in [6.07, 6.45) is 6.97. The molecule has 1 unspecified atom stereocenters. The van der Waals surface area contributed by atoms with Crippen molar-refractivity contribution < 1.29 is 41.2 Å². The highest BCUT2D eigenvalue weighted by molar-refractivity contribution is 7.86. The number of ether oxygens (including phenoxy) is 1. The molecule has 36 heavy (non-hydrogen) atoms. The molecule has 4 rings (SSSR count). The van der Waals surface area contributed by atoms with E-state index in [2.05, 4.69) is 18.6 Å². The number of ketones is 1. The quantitative estimate of drug-likeness (QED) is 0.361. The van der Waals surface area contributed by atoms with E-state index in [0.717, 1.165) is 44.9 Å².